The standard InChI is InChI=1S/C14H24N2/c1-16-10-8-14(12-16)11-15-9-7-13-5-3-2-4-6-13/h8,10,12-13,15H,2-7,9,11H2,1H3. The molecule has 0 bridgehead atoms. The van der Waals surface area contributed by atoms with Crippen LogP contribution in [0.4, 0.5) is 0 Å². The summed E-state index contributed by atoms with van der Waals surface area (Å²) in [6, 6.07) is 2.19. The minimum absolute atomic E-state index is 0.997. The van der Waals surface area contributed by atoms with Gasteiger partial charge in [-0.2, -0.15) is 0 Å². The molecule has 0 amide bonds. The van der Waals surface area contributed by atoms with Crippen LogP contribution in [0.25, 0.3) is 0 Å². The highest BCUT2D eigenvalue weighted by atomic mass is 14.9. The summed E-state index contributed by atoms with van der Waals surface area (Å²) < 4.78 is 2.11. The lowest BCUT2D eigenvalue weighted by molar-refractivity contribution is 0.334. The maximum atomic E-state index is 3.55. The minimum atomic E-state index is 0.997. The van der Waals surface area contributed by atoms with E-state index in [0.717, 1.165) is 12.5 Å². The molecule has 1 aliphatic carbocycles. The van der Waals surface area contributed by atoms with Gasteiger partial charge in [0.05, 0.1) is 0 Å². The molecule has 90 valence electrons. The predicted octanol–water partition coefficient (Wildman–Crippen LogP) is 3.09. The molecule has 16 heavy (non-hydrogen) atoms. The summed E-state index contributed by atoms with van der Waals surface area (Å²) in [4.78, 5) is 0. The SMILES string of the molecule is Cn1ccc(CNCCC2CCCCC2)c1. The van der Waals surface area contributed by atoms with E-state index in [9.17, 15) is 0 Å². The van der Waals surface area contributed by atoms with Gasteiger partial charge in [0.1, 0.15) is 0 Å². The number of hydrogen-bond donors (Lipinski definition) is 1. The zero-order chi connectivity index (χ0) is 11.2. The van der Waals surface area contributed by atoms with Gasteiger partial charge in [-0.05, 0) is 30.5 Å². The zero-order valence-electron chi connectivity index (χ0n) is 10.4. The molecule has 1 aromatic rings. The third-order valence-corrected chi connectivity index (χ3v) is 3.68. The normalized spacial score (nSPS) is 17.8. The molecule has 1 heterocycles. The first-order valence-corrected chi connectivity index (χ1v) is 6.66. The molecule has 2 rings (SSSR count). The Balaban J connectivity index is 1.57. The Morgan fingerprint density at radius 3 is 2.81 bits per heavy atom. The van der Waals surface area contributed by atoms with E-state index in [1.165, 1.54) is 50.6 Å². The van der Waals surface area contributed by atoms with Crippen molar-refractivity contribution in [2.24, 2.45) is 13.0 Å². The summed E-state index contributed by atoms with van der Waals surface area (Å²) in [6.45, 7) is 2.20. The van der Waals surface area contributed by atoms with Crippen LogP contribution in [-0.4, -0.2) is 11.1 Å². The first kappa shape index (κ1) is 11.7. The molecule has 0 atom stereocenters. The highest BCUT2D eigenvalue weighted by Gasteiger charge is 2.12. The van der Waals surface area contributed by atoms with Crippen molar-refractivity contribution in [1.29, 1.82) is 0 Å². The van der Waals surface area contributed by atoms with Gasteiger partial charge in [0.15, 0.2) is 0 Å². The lowest BCUT2D eigenvalue weighted by atomic mass is 9.87. The van der Waals surface area contributed by atoms with Crippen LogP contribution in [0.3, 0.4) is 0 Å². The molecule has 1 N–H and O–H groups in total. The number of hydrogen-bond acceptors (Lipinski definition) is 1. The summed E-state index contributed by atoms with van der Waals surface area (Å²) in [7, 11) is 2.07. The number of nitrogens with one attached hydrogen (secondary N) is 1. The van der Waals surface area contributed by atoms with E-state index >= 15 is 0 Å². The van der Waals surface area contributed by atoms with Crippen LogP contribution in [0.1, 0.15) is 44.1 Å². The van der Waals surface area contributed by atoms with Gasteiger partial charge >= 0.3 is 0 Å². The molecule has 0 unspecified atom stereocenters. The van der Waals surface area contributed by atoms with E-state index < -0.39 is 0 Å². The van der Waals surface area contributed by atoms with E-state index in [2.05, 4.69) is 35.4 Å². The molecule has 1 aromatic heterocycles. The molecule has 0 aromatic carbocycles. The second-order valence-corrected chi connectivity index (χ2v) is 5.15. The molecule has 0 saturated heterocycles. The number of nitrogens with zero attached hydrogens (tertiary/aromatic N) is 1. The lowest BCUT2D eigenvalue weighted by Crippen LogP contribution is -2.18. The summed E-state index contributed by atoms with van der Waals surface area (Å²) >= 11 is 0. The number of aryl methyl sites for hydroxylation is 1. The van der Waals surface area contributed by atoms with Gasteiger partial charge in [-0.15, -0.1) is 0 Å². The highest BCUT2D eigenvalue weighted by molar-refractivity contribution is 5.09. The Hall–Kier alpha value is -0.760. The van der Waals surface area contributed by atoms with Gasteiger partial charge in [-0.3, -0.25) is 0 Å². The molecule has 2 heteroatoms. The van der Waals surface area contributed by atoms with Crippen LogP contribution in [0.5, 0.6) is 0 Å². The first-order chi connectivity index (χ1) is 7.84. The van der Waals surface area contributed by atoms with Crippen LogP contribution in [0, 0.1) is 5.92 Å². The molecular weight excluding hydrogens is 196 g/mol. The molecular formula is C14H24N2. The summed E-state index contributed by atoms with van der Waals surface area (Å²) in [5, 5.41) is 3.55. The lowest BCUT2D eigenvalue weighted by Gasteiger charge is -2.21. The van der Waals surface area contributed by atoms with E-state index in [0.29, 0.717) is 0 Å². The van der Waals surface area contributed by atoms with E-state index in [1.54, 1.807) is 0 Å². The number of aromatic nitrogens is 1. The van der Waals surface area contributed by atoms with Crippen LogP contribution in [-0.2, 0) is 13.6 Å². The van der Waals surface area contributed by atoms with Gasteiger partial charge in [-0.25, -0.2) is 0 Å². The van der Waals surface area contributed by atoms with Crippen LogP contribution in [0.2, 0.25) is 0 Å². The monoisotopic (exact) mass is 220 g/mol. The van der Waals surface area contributed by atoms with Crippen molar-refractivity contribution in [1.82, 2.24) is 9.88 Å². The average Bonchev–Trinajstić information content (AvgIpc) is 2.72. The third-order valence-electron chi connectivity index (χ3n) is 3.68. The Bertz CT molecular complexity index is 297. The van der Waals surface area contributed by atoms with Gasteiger partial charge in [-0.1, -0.05) is 32.1 Å². The Kier molecular flexibility index (Phi) is 4.46. The fraction of sp³-hybridized carbons (Fsp3) is 0.714. The maximum absolute atomic E-state index is 3.55. The Morgan fingerprint density at radius 1 is 1.31 bits per heavy atom. The Morgan fingerprint density at radius 2 is 2.12 bits per heavy atom. The molecule has 1 aliphatic rings. The fourth-order valence-electron chi connectivity index (χ4n) is 2.68. The highest BCUT2D eigenvalue weighted by Crippen LogP contribution is 2.25. The average molecular weight is 220 g/mol. The van der Waals surface area contributed by atoms with Crippen molar-refractivity contribution in [2.75, 3.05) is 6.54 Å². The summed E-state index contributed by atoms with van der Waals surface area (Å²) in [6.07, 6.45) is 13.0. The van der Waals surface area contributed by atoms with E-state index in [-0.39, 0.29) is 0 Å². The first-order valence-electron chi connectivity index (χ1n) is 6.66. The van der Waals surface area contributed by atoms with E-state index in [1.807, 2.05) is 0 Å². The topological polar surface area (TPSA) is 17.0 Å². The Labute approximate surface area is 99.0 Å². The van der Waals surface area contributed by atoms with Gasteiger partial charge in [0.2, 0.25) is 0 Å². The fourth-order valence-corrected chi connectivity index (χ4v) is 2.68. The molecule has 0 aliphatic heterocycles. The molecule has 2 nitrogen and oxygen atoms in total. The van der Waals surface area contributed by atoms with Crippen molar-refractivity contribution in [3.05, 3.63) is 24.0 Å². The van der Waals surface area contributed by atoms with Gasteiger partial charge in [0.25, 0.3) is 0 Å². The second kappa shape index (κ2) is 6.09. The van der Waals surface area contributed by atoms with Crippen molar-refractivity contribution in [2.45, 2.75) is 45.1 Å². The van der Waals surface area contributed by atoms with Crippen LogP contribution < -0.4 is 5.32 Å². The molecule has 0 spiro atoms. The van der Waals surface area contributed by atoms with Crippen LogP contribution in [0.15, 0.2) is 18.5 Å². The zero-order valence-corrected chi connectivity index (χ0v) is 10.4. The largest absolute Gasteiger partial charge is 0.357 e. The van der Waals surface area contributed by atoms with E-state index in [4.69, 9.17) is 0 Å². The molecule has 0 radical (unpaired) electrons. The van der Waals surface area contributed by atoms with Crippen molar-refractivity contribution in [3.63, 3.8) is 0 Å². The third kappa shape index (κ3) is 3.67. The predicted molar refractivity (Wildman–Crippen MR) is 68.3 cm³/mol. The van der Waals surface area contributed by atoms with Crippen molar-refractivity contribution >= 4 is 0 Å². The summed E-state index contributed by atoms with van der Waals surface area (Å²) in [5.41, 5.74) is 1.39. The minimum Gasteiger partial charge on any atom is -0.357 e. The number of rotatable bonds is 5. The van der Waals surface area contributed by atoms with Gasteiger partial charge < -0.3 is 9.88 Å². The smallest absolute Gasteiger partial charge is 0.0220 e. The maximum Gasteiger partial charge on any atom is 0.0220 e. The molecule has 1 fully saturated rings. The quantitative estimate of drug-likeness (QED) is 0.755. The van der Waals surface area contributed by atoms with Crippen molar-refractivity contribution in [3.8, 4) is 0 Å². The van der Waals surface area contributed by atoms with Gasteiger partial charge in [0, 0.05) is 26.0 Å². The van der Waals surface area contributed by atoms with Crippen molar-refractivity contribution < 1.29 is 0 Å². The summed E-state index contributed by atoms with van der Waals surface area (Å²) in [5.74, 6) is 0.997. The molecule has 1 saturated carbocycles. The second-order valence-electron chi connectivity index (χ2n) is 5.15. The van der Waals surface area contributed by atoms with Crippen LogP contribution >= 0.6 is 0 Å².